The molecule has 0 fully saturated rings. The van der Waals surface area contributed by atoms with Gasteiger partial charge in [-0.05, 0) is 37.5 Å². The highest BCUT2D eigenvalue weighted by molar-refractivity contribution is 5.75. The topological polar surface area (TPSA) is 44.8 Å². The molecule has 4 heteroatoms. The largest absolute Gasteiger partial charge is 0.479 e. The van der Waals surface area contributed by atoms with Gasteiger partial charge in [-0.1, -0.05) is 19.1 Å². The first-order valence-electron chi connectivity index (χ1n) is 6.62. The predicted octanol–water partition coefficient (Wildman–Crippen LogP) is 2.60. The molecule has 0 saturated carbocycles. The van der Waals surface area contributed by atoms with E-state index in [0.29, 0.717) is 25.4 Å². The lowest BCUT2D eigenvalue weighted by Crippen LogP contribution is -2.28. The van der Waals surface area contributed by atoms with Crippen molar-refractivity contribution >= 4 is 5.97 Å². The number of esters is 1. The second-order valence-electron chi connectivity index (χ2n) is 4.15. The quantitative estimate of drug-likeness (QED) is 0.678. The summed E-state index contributed by atoms with van der Waals surface area (Å²) in [6, 6.07) is 7.69. The molecule has 0 bridgehead atoms. The summed E-state index contributed by atoms with van der Waals surface area (Å²) in [7, 11) is 1.68. The Morgan fingerprint density at radius 2 is 1.89 bits per heavy atom. The van der Waals surface area contributed by atoms with Crippen LogP contribution in [0, 0.1) is 0 Å². The average Bonchev–Trinajstić information content (AvgIpc) is 2.44. The Hall–Kier alpha value is -1.55. The molecular formula is C15H22O4. The monoisotopic (exact) mass is 266 g/mol. The molecule has 4 nitrogen and oxygen atoms in total. The van der Waals surface area contributed by atoms with Crippen molar-refractivity contribution < 1.29 is 19.0 Å². The molecule has 0 aromatic heterocycles. The number of carbonyl (C=O) groups is 1. The molecule has 1 unspecified atom stereocenters. The molecule has 106 valence electrons. The van der Waals surface area contributed by atoms with E-state index < -0.39 is 6.10 Å². The molecule has 0 saturated heterocycles. The van der Waals surface area contributed by atoms with E-state index in [2.05, 4.69) is 0 Å². The fourth-order valence-electron chi connectivity index (χ4n) is 1.65. The Labute approximate surface area is 114 Å². The van der Waals surface area contributed by atoms with Gasteiger partial charge in [-0.25, -0.2) is 4.79 Å². The average molecular weight is 266 g/mol. The molecule has 0 aliphatic carbocycles. The van der Waals surface area contributed by atoms with E-state index in [-0.39, 0.29) is 5.97 Å². The van der Waals surface area contributed by atoms with Crippen molar-refractivity contribution in [2.45, 2.75) is 32.8 Å². The number of ether oxygens (including phenoxy) is 3. The summed E-state index contributed by atoms with van der Waals surface area (Å²) in [5.41, 5.74) is 1.18. The molecule has 1 aromatic carbocycles. The van der Waals surface area contributed by atoms with Crippen LogP contribution in [0.3, 0.4) is 0 Å². The van der Waals surface area contributed by atoms with Crippen LogP contribution >= 0.6 is 0 Å². The van der Waals surface area contributed by atoms with Crippen molar-refractivity contribution in [3.05, 3.63) is 29.8 Å². The van der Waals surface area contributed by atoms with Gasteiger partial charge in [-0.15, -0.1) is 0 Å². The highest BCUT2D eigenvalue weighted by atomic mass is 16.6. The summed E-state index contributed by atoms with van der Waals surface area (Å²) >= 11 is 0. The molecule has 0 aliphatic heterocycles. The van der Waals surface area contributed by atoms with Gasteiger partial charge in [0.05, 0.1) is 13.2 Å². The minimum atomic E-state index is -0.537. The molecule has 19 heavy (non-hydrogen) atoms. The molecule has 0 spiro atoms. The van der Waals surface area contributed by atoms with E-state index in [9.17, 15) is 4.79 Å². The minimum Gasteiger partial charge on any atom is -0.479 e. The number of hydrogen-bond acceptors (Lipinski definition) is 4. The Kier molecular flexibility index (Phi) is 6.97. The van der Waals surface area contributed by atoms with Crippen LogP contribution in [0.1, 0.15) is 25.8 Å². The van der Waals surface area contributed by atoms with Crippen molar-refractivity contribution in [3.63, 3.8) is 0 Å². The maximum atomic E-state index is 11.6. The number of methoxy groups -OCH3 is 1. The highest BCUT2D eigenvalue weighted by Crippen LogP contribution is 2.16. The van der Waals surface area contributed by atoms with Crippen LogP contribution in [0.25, 0.3) is 0 Å². The van der Waals surface area contributed by atoms with E-state index in [4.69, 9.17) is 14.2 Å². The van der Waals surface area contributed by atoms with Gasteiger partial charge < -0.3 is 14.2 Å². The molecular weight excluding hydrogens is 244 g/mol. The van der Waals surface area contributed by atoms with Crippen LogP contribution in [-0.4, -0.2) is 32.4 Å². The SMILES string of the molecule is CCOC(=O)C(CC)Oc1ccc(CCOC)cc1. The zero-order chi connectivity index (χ0) is 14.1. The van der Waals surface area contributed by atoms with E-state index in [0.717, 1.165) is 6.42 Å². The van der Waals surface area contributed by atoms with Crippen LogP contribution in [-0.2, 0) is 20.7 Å². The first-order valence-corrected chi connectivity index (χ1v) is 6.62. The van der Waals surface area contributed by atoms with Crippen molar-refractivity contribution in [1.82, 2.24) is 0 Å². The van der Waals surface area contributed by atoms with Gasteiger partial charge in [-0.2, -0.15) is 0 Å². The molecule has 0 amide bonds. The first-order chi connectivity index (χ1) is 9.21. The first kappa shape index (κ1) is 15.5. The van der Waals surface area contributed by atoms with Gasteiger partial charge in [0.15, 0.2) is 6.10 Å². The van der Waals surface area contributed by atoms with Gasteiger partial charge in [0, 0.05) is 7.11 Å². The number of benzene rings is 1. The predicted molar refractivity (Wildman–Crippen MR) is 73.4 cm³/mol. The zero-order valence-electron chi connectivity index (χ0n) is 11.8. The second-order valence-corrected chi connectivity index (χ2v) is 4.15. The Morgan fingerprint density at radius 3 is 2.42 bits per heavy atom. The molecule has 1 aromatic rings. The lowest BCUT2D eigenvalue weighted by molar-refractivity contribution is -0.151. The van der Waals surface area contributed by atoms with E-state index in [1.165, 1.54) is 5.56 Å². The van der Waals surface area contributed by atoms with Crippen LogP contribution in [0.4, 0.5) is 0 Å². The fraction of sp³-hybridized carbons (Fsp3) is 0.533. The molecule has 0 radical (unpaired) electrons. The molecule has 1 rings (SSSR count). The molecule has 0 N–H and O–H groups in total. The lowest BCUT2D eigenvalue weighted by Gasteiger charge is -2.16. The summed E-state index contributed by atoms with van der Waals surface area (Å²) in [4.78, 5) is 11.6. The van der Waals surface area contributed by atoms with E-state index in [1.807, 2.05) is 31.2 Å². The standard InChI is InChI=1S/C15H22O4/c1-4-14(15(16)18-5-2)19-13-8-6-12(7-9-13)10-11-17-3/h6-9,14H,4-5,10-11H2,1-3H3. The van der Waals surface area contributed by atoms with Crippen LogP contribution < -0.4 is 4.74 Å². The van der Waals surface area contributed by atoms with Gasteiger partial charge in [-0.3, -0.25) is 0 Å². The van der Waals surface area contributed by atoms with Gasteiger partial charge in [0.25, 0.3) is 0 Å². The molecule has 0 aliphatic rings. The van der Waals surface area contributed by atoms with E-state index in [1.54, 1.807) is 14.0 Å². The summed E-state index contributed by atoms with van der Waals surface area (Å²) in [6.45, 7) is 4.75. The Bertz CT molecular complexity index is 372. The van der Waals surface area contributed by atoms with Crippen LogP contribution in [0.15, 0.2) is 24.3 Å². The van der Waals surface area contributed by atoms with Crippen molar-refractivity contribution in [3.8, 4) is 5.75 Å². The number of hydrogen-bond donors (Lipinski definition) is 0. The summed E-state index contributed by atoms with van der Waals surface area (Å²) in [5, 5.41) is 0. The smallest absolute Gasteiger partial charge is 0.347 e. The van der Waals surface area contributed by atoms with E-state index >= 15 is 0 Å². The van der Waals surface area contributed by atoms with Crippen molar-refractivity contribution in [2.75, 3.05) is 20.3 Å². The second kappa shape index (κ2) is 8.53. The summed E-state index contributed by atoms with van der Waals surface area (Å²) < 4.78 is 15.6. The normalized spacial score (nSPS) is 11.9. The van der Waals surface area contributed by atoms with Crippen LogP contribution in [0.5, 0.6) is 5.75 Å². The Balaban J connectivity index is 2.57. The maximum absolute atomic E-state index is 11.6. The maximum Gasteiger partial charge on any atom is 0.347 e. The highest BCUT2D eigenvalue weighted by Gasteiger charge is 2.19. The zero-order valence-corrected chi connectivity index (χ0v) is 11.8. The Morgan fingerprint density at radius 1 is 1.21 bits per heavy atom. The van der Waals surface area contributed by atoms with Gasteiger partial charge in [0.1, 0.15) is 5.75 Å². The summed E-state index contributed by atoms with van der Waals surface area (Å²) in [6.07, 6.45) is 0.917. The third-order valence-electron chi connectivity index (χ3n) is 2.72. The van der Waals surface area contributed by atoms with Gasteiger partial charge >= 0.3 is 5.97 Å². The minimum absolute atomic E-state index is 0.312. The molecule has 1 atom stereocenters. The fourth-order valence-corrected chi connectivity index (χ4v) is 1.65. The lowest BCUT2D eigenvalue weighted by atomic mass is 10.1. The number of rotatable bonds is 8. The van der Waals surface area contributed by atoms with Crippen molar-refractivity contribution in [1.29, 1.82) is 0 Å². The van der Waals surface area contributed by atoms with Gasteiger partial charge in [0.2, 0.25) is 0 Å². The molecule has 0 heterocycles. The van der Waals surface area contributed by atoms with Crippen molar-refractivity contribution in [2.24, 2.45) is 0 Å². The third-order valence-corrected chi connectivity index (χ3v) is 2.72. The number of carbonyl (C=O) groups excluding carboxylic acids is 1. The van der Waals surface area contributed by atoms with Crippen LogP contribution in [0.2, 0.25) is 0 Å². The summed E-state index contributed by atoms with van der Waals surface area (Å²) in [5.74, 6) is 0.370. The third kappa shape index (κ3) is 5.30.